The van der Waals surface area contributed by atoms with Crippen molar-refractivity contribution in [1.29, 1.82) is 0 Å². The molecule has 2 aromatic heterocycles. The third-order valence-electron chi connectivity index (χ3n) is 4.74. The molecule has 0 aliphatic carbocycles. The Bertz CT molecular complexity index is 943. The number of amides is 1. The molecule has 0 saturated carbocycles. The summed E-state index contributed by atoms with van der Waals surface area (Å²) in [6.07, 6.45) is -0.384. The number of carbonyl (C=O) groups is 1. The number of para-hydroxylation sites is 1. The third-order valence-corrected chi connectivity index (χ3v) is 4.74. The quantitative estimate of drug-likeness (QED) is 0.775. The second kappa shape index (κ2) is 6.00. The molecular weight excluding hydrogens is 320 g/mol. The van der Waals surface area contributed by atoms with Gasteiger partial charge in [0.05, 0.1) is 24.2 Å². The number of carbonyl (C=O) groups excluding carboxylic acids is 1. The first kappa shape index (κ1) is 15.8. The van der Waals surface area contributed by atoms with E-state index in [1.54, 1.807) is 11.8 Å². The third kappa shape index (κ3) is 2.70. The number of rotatable bonds is 2. The smallest absolute Gasteiger partial charge is 0.256 e. The maximum absolute atomic E-state index is 13.1. The normalized spacial score (nSPS) is 18.0. The first-order valence-corrected chi connectivity index (χ1v) is 8.33. The fourth-order valence-corrected chi connectivity index (χ4v) is 3.26. The van der Waals surface area contributed by atoms with Gasteiger partial charge < -0.3 is 19.0 Å². The van der Waals surface area contributed by atoms with Gasteiger partial charge in [-0.3, -0.25) is 4.79 Å². The van der Waals surface area contributed by atoms with Gasteiger partial charge in [0.1, 0.15) is 0 Å². The molecule has 1 unspecified atom stereocenters. The highest BCUT2D eigenvalue weighted by Crippen LogP contribution is 2.27. The van der Waals surface area contributed by atoms with Crippen LogP contribution in [0.4, 0.5) is 0 Å². The number of benzene rings is 1. The molecule has 0 spiro atoms. The summed E-state index contributed by atoms with van der Waals surface area (Å²) in [5.41, 5.74) is 3.82. The molecule has 7 heteroatoms. The number of aromatic nitrogens is 3. The Morgan fingerprint density at radius 3 is 2.88 bits per heavy atom. The SMILES string of the molecule is Cc1nnc(C2CN(C(=O)c3cccc4c(C)c(C)[nH]c34)CCO2)o1. The molecule has 3 aromatic rings. The molecule has 1 aliphatic rings. The van der Waals surface area contributed by atoms with Gasteiger partial charge in [0.25, 0.3) is 5.91 Å². The maximum atomic E-state index is 13.1. The molecule has 1 N–H and O–H groups in total. The summed E-state index contributed by atoms with van der Waals surface area (Å²) in [6, 6.07) is 5.82. The van der Waals surface area contributed by atoms with Crippen molar-refractivity contribution >= 4 is 16.8 Å². The molecule has 1 aliphatic heterocycles. The van der Waals surface area contributed by atoms with Crippen LogP contribution in [0.5, 0.6) is 0 Å². The Kier molecular flexibility index (Phi) is 3.80. The molecular formula is C18H20N4O3. The zero-order valence-corrected chi connectivity index (χ0v) is 14.5. The van der Waals surface area contributed by atoms with E-state index in [1.807, 2.05) is 25.1 Å². The lowest BCUT2D eigenvalue weighted by Crippen LogP contribution is -2.42. The minimum Gasteiger partial charge on any atom is -0.423 e. The molecule has 1 saturated heterocycles. The Hall–Kier alpha value is -2.67. The fraction of sp³-hybridized carbons (Fsp3) is 0.389. The fourth-order valence-electron chi connectivity index (χ4n) is 3.26. The van der Waals surface area contributed by atoms with Crippen LogP contribution in [0.1, 0.15) is 39.5 Å². The highest BCUT2D eigenvalue weighted by atomic mass is 16.5. The lowest BCUT2D eigenvalue weighted by atomic mass is 10.1. The minimum atomic E-state index is -0.384. The van der Waals surface area contributed by atoms with Crippen molar-refractivity contribution in [2.24, 2.45) is 0 Å². The van der Waals surface area contributed by atoms with E-state index < -0.39 is 0 Å². The first-order chi connectivity index (χ1) is 12.0. The zero-order valence-electron chi connectivity index (χ0n) is 14.5. The molecule has 1 fully saturated rings. The van der Waals surface area contributed by atoms with Gasteiger partial charge in [0.2, 0.25) is 11.8 Å². The first-order valence-electron chi connectivity index (χ1n) is 8.33. The average Bonchev–Trinajstić information content (AvgIpc) is 3.18. The molecule has 3 heterocycles. The van der Waals surface area contributed by atoms with Crippen LogP contribution in [0.2, 0.25) is 0 Å². The summed E-state index contributed by atoms with van der Waals surface area (Å²) in [4.78, 5) is 18.2. The van der Waals surface area contributed by atoms with Crippen LogP contribution >= 0.6 is 0 Å². The lowest BCUT2D eigenvalue weighted by Gasteiger charge is -2.31. The van der Waals surface area contributed by atoms with E-state index in [1.165, 1.54) is 5.56 Å². The van der Waals surface area contributed by atoms with Crippen molar-refractivity contribution in [2.45, 2.75) is 26.9 Å². The van der Waals surface area contributed by atoms with E-state index in [0.29, 0.717) is 37.0 Å². The maximum Gasteiger partial charge on any atom is 0.256 e. The predicted octanol–water partition coefficient (Wildman–Crippen LogP) is 2.69. The van der Waals surface area contributed by atoms with Crippen LogP contribution in [0.15, 0.2) is 22.6 Å². The van der Waals surface area contributed by atoms with E-state index in [0.717, 1.165) is 16.6 Å². The van der Waals surface area contributed by atoms with Crippen LogP contribution in [0.25, 0.3) is 10.9 Å². The van der Waals surface area contributed by atoms with Gasteiger partial charge in [-0.2, -0.15) is 0 Å². The van der Waals surface area contributed by atoms with Gasteiger partial charge in [-0.25, -0.2) is 0 Å². The number of ether oxygens (including phenoxy) is 1. The number of morpholine rings is 1. The highest BCUT2D eigenvalue weighted by molar-refractivity contribution is 6.06. The molecule has 7 nitrogen and oxygen atoms in total. The van der Waals surface area contributed by atoms with Crippen molar-refractivity contribution in [3.05, 3.63) is 46.8 Å². The topological polar surface area (TPSA) is 84.2 Å². The number of fused-ring (bicyclic) bond motifs is 1. The van der Waals surface area contributed by atoms with Crippen LogP contribution in [0.3, 0.4) is 0 Å². The summed E-state index contributed by atoms with van der Waals surface area (Å²) in [5, 5.41) is 8.94. The average molecular weight is 340 g/mol. The second-order valence-corrected chi connectivity index (χ2v) is 6.37. The van der Waals surface area contributed by atoms with Gasteiger partial charge in [0.15, 0.2) is 6.10 Å². The van der Waals surface area contributed by atoms with E-state index in [2.05, 4.69) is 22.1 Å². The largest absolute Gasteiger partial charge is 0.423 e. The molecule has 4 rings (SSSR count). The van der Waals surface area contributed by atoms with Crippen molar-refractivity contribution < 1.29 is 13.9 Å². The van der Waals surface area contributed by atoms with Crippen molar-refractivity contribution in [1.82, 2.24) is 20.1 Å². The number of nitrogens with one attached hydrogen (secondary N) is 1. The predicted molar refractivity (Wildman–Crippen MR) is 91.4 cm³/mol. The summed E-state index contributed by atoms with van der Waals surface area (Å²) < 4.78 is 11.2. The Morgan fingerprint density at radius 2 is 2.12 bits per heavy atom. The van der Waals surface area contributed by atoms with Gasteiger partial charge >= 0.3 is 0 Å². The van der Waals surface area contributed by atoms with Crippen LogP contribution < -0.4 is 0 Å². The van der Waals surface area contributed by atoms with Crippen LogP contribution in [-0.2, 0) is 4.74 Å². The van der Waals surface area contributed by atoms with E-state index in [9.17, 15) is 4.79 Å². The van der Waals surface area contributed by atoms with Gasteiger partial charge in [-0.05, 0) is 25.5 Å². The highest BCUT2D eigenvalue weighted by Gasteiger charge is 2.30. The molecule has 25 heavy (non-hydrogen) atoms. The summed E-state index contributed by atoms with van der Waals surface area (Å²) in [7, 11) is 0. The number of aryl methyl sites for hydroxylation is 3. The molecule has 1 aromatic carbocycles. The van der Waals surface area contributed by atoms with Crippen molar-refractivity contribution in [2.75, 3.05) is 19.7 Å². The number of nitrogens with zero attached hydrogens (tertiary/aromatic N) is 3. The Balaban J connectivity index is 1.63. The zero-order chi connectivity index (χ0) is 17.6. The van der Waals surface area contributed by atoms with Gasteiger partial charge in [0, 0.05) is 24.5 Å². The van der Waals surface area contributed by atoms with E-state index in [4.69, 9.17) is 9.15 Å². The molecule has 0 radical (unpaired) electrons. The summed E-state index contributed by atoms with van der Waals surface area (Å²) in [6.45, 7) is 7.19. The Labute approximate surface area is 145 Å². The molecule has 0 bridgehead atoms. The second-order valence-electron chi connectivity index (χ2n) is 6.37. The number of hydrogen-bond acceptors (Lipinski definition) is 5. The summed E-state index contributed by atoms with van der Waals surface area (Å²) in [5.74, 6) is 0.889. The van der Waals surface area contributed by atoms with Crippen molar-refractivity contribution in [3.8, 4) is 0 Å². The lowest BCUT2D eigenvalue weighted by molar-refractivity contribution is -0.0348. The van der Waals surface area contributed by atoms with Crippen LogP contribution in [0, 0.1) is 20.8 Å². The molecule has 1 atom stereocenters. The van der Waals surface area contributed by atoms with Crippen LogP contribution in [-0.4, -0.2) is 45.7 Å². The van der Waals surface area contributed by atoms with E-state index in [-0.39, 0.29) is 12.0 Å². The number of hydrogen-bond donors (Lipinski definition) is 1. The van der Waals surface area contributed by atoms with Crippen molar-refractivity contribution in [3.63, 3.8) is 0 Å². The standard InChI is InChI=1S/C18H20N4O3/c1-10-11(2)19-16-13(10)5-4-6-14(16)18(23)22-7-8-24-15(9-22)17-21-20-12(3)25-17/h4-6,15,19H,7-9H2,1-3H3. The van der Waals surface area contributed by atoms with Gasteiger partial charge in [-0.1, -0.05) is 12.1 Å². The van der Waals surface area contributed by atoms with Gasteiger partial charge in [-0.15, -0.1) is 10.2 Å². The number of aromatic amines is 1. The monoisotopic (exact) mass is 340 g/mol. The molecule has 1 amide bonds. The summed E-state index contributed by atoms with van der Waals surface area (Å²) >= 11 is 0. The minimum absolute atomic E-state index is 0.0172. The Morgan fingerprint density at radius 1 is 1.28 bits per heavy atom. The molecule has 130 valence electrons. The number of H-pyrrole nitrogens is 1. The van der Waals surface area contributed by atoms with E-state index >= 15 is 0 Å².